The van der Waals surface area contributed by atoms with Crippen LogP contribution in [0.4, 0.5) is 4.79 Å². The Morgan fingerprint density at radius 1 is 1.47 bits per heavy atom. The van der Waals surface area contributed by atoms with E-state index in [0.717, 1.165) is 19.5 Å². The number of ether oxygens (including phenoxy) is 1. The van der Waals surface area contributed by atoms with Crippen LogP contribution in [-0.4, -0.2) is 31.8 Å². The Morgan fingerprint density at radius 2 is 2.20 bits per heavy atom. The zero-order chi connectivity index (χ0) is 10.7. The number of rotatable bonds is 2. The van der Waals surface area contributed by atoms with Crippen LogP contribution in [-0.2, 0) is 4.74 Å². The van der Waals surface area contributed by atoms with E-state index in [2.05, 4.69) is 10.6 Å². The number of amides is 1. The average Bonchev–Trinajstić information content (AvgIpc) is 2.26. The van der Waals surface area contributed by atoms with Crippen LogP contribution in [0.2, 0.25) is 0 Å². The fourth-order valence-electron chi connectivity index (χ4n) is 2.76. The normalized spacial score (nSPS) is 28.2. The summed E-state index contributed by atoms with van der Waals surface area (Å²) < 4.78 is 4.92. The monoisotopic (exact) mass is 212 g/mol. The summed E-state index contributed by atoms with van der Waals surface area (Å²) in [5.74, 6) is 0. The fraction of sp³-hybridized carbons (Fsp3) is 0.909. The van der Waals surface area contributed by atoms with Gasteiger partial charge in [-0.25, -0.2) is 4.79 Å². The van der Waals surface area contributed by atoms with E-state index in [9.17, 15) is 4.79 Å². The minimum atomic E-state index is -0.250. The lowest BCUT2D eigenvalue weighted by Gasteiger charge is -2.52. The molecule has 2 fully saturated rings. The van der Waals surface area contributed by atoms with Crippen molar-refractivity contribution >= 4 is 6.09 Å². The number of hydrogen-bond donors (Lipinski definition) is 2. The van der Waals surface area contributed by atoms with Crippen LogP contribution in [0.15, 0.2) is 0 Å². The Bertz CT molecular complexity index is 237. The van der Waals surface area contributed by atoms with Gasteiger partial charge in [0, 0.05) is 6.04 Å². The van der Waals surface area contributed by atoms with Crippen LogP contribution in [0.25, 0.3) is 0 Å². The van der Waals surface area contributed by atoms with Crippen LogP contribution in [0.1, 0.15) is 32.6 Å². The number of hydrogen-bond acceptors (Lipinski definition) is 3. The first-order valence-corrected chi connectivity index (χ1v) is 5.91. The molecule has 1 aliphatic carbocycles. The maximum absolute atomic E-state index is 11.3. The molecule has 0 aromatic rings. The predicted octanol–water partition coefficient (Wildman–Crippen LogP) is 1.26. The minimum absolute atomic E-state index is 0.250. The van der Waals surface area contributed by atoms with Crippen molar-refractivity contribution in [3.8, 4) is 0 Å². The van der Waals surface area contributed by atoms with E-state index >= 15 is 0 Å². The first-order valence-electron chi connectivity index (χ1n) is 5.91. The van der Waals surface area contributed by atoms with Crippen molar-refractivity contribution in [3.05, 3.63) is 0 Å². The van der Waals surface area contributed by atoms with Gasteiger partial charge in [0.05, 0.1) is 6.61 Å². The highest BCUT2D eigenvalue weighted by atomic mass is 16.5. The van der Waals surface area contributed by atoms with Crippen LogP contribution in [0.3, 0.4) is 0 Å². The Balaban J connectivity index is 1.85. The minimum Gasteiger partial charge on any atom is -0.450 e. The Labute approximate surface area is 90.8 Å². The quantitative estimate of drug-likeness (QED) is 0.724. The van der Waals surface area contributed by atoms with Crippen molar-refractivity contribution in [3.63, 3.8) is 0 Å². The lowest BCUT2D eigenvalue weighted by Crippen LogP contribution is -2.58. The number of alkyl carbamates (subject to hydrolysis) is 1. The highest BCUT2D eigenvalue weighted by Gasteiger charge is 2.47. The lowest BCUT2D eigenvalue weighted by molar-refractivity contribution is 0.0274. The third-order valence-corrected chi connectivity index (χ3v) is 3.84. The summed E-state index contributed by atoms with van der Waals surface area (Å²) in [6.07, 6.45) is 4.48. The van der Waals surface area contributed by atoms with Gasteiger partial charge in [0.25, 0.3) is 0 Å². The summed E-state index contributed by atoms with van der Waals surface area (Å²) in [6.45, 7) is 4.45. The molecule has 1 aliphatic heterocycles. The number of nitrogens with one attached hydrogen (secondary N) is 2. The first-order chi connectivity index (χ1) is 7.27. The van der Waals surface area contributed by atoms with E-state index in [1.54, 1.807) is 0 Å². The van der Waals surface area contributed by atoms with Gasteiger partial charge in [0.2, 0.25) is 0 Å². The van der Waals surface area contributed by atoms with Crippen molar-refractivity contribution in [2.75, 3.05) is 19.7 Å². The smallest absolute Gasteiger partial charge is 0.407 e. The van der Waals surface area contributed by atoms with Crippen LogP contribution < -0.4 is 10.6 Å². The van der Waals surface area contributed by atoms with E-state index in [-0.39, 0.29) is 6.09 Å². The molecule has 1 heterocycles. The second-order valence-electron chi connectivity index (χ2n) is 4.57. The average molecular weight is 212 g/mol. The predicted molar refractivity (Wildman–Crippen MR) is 57.7 cm³/mol. The summed E-state index contributed by atoms with van der Waals surface area (Å²) in [7, 11) is 0. The molecule has 4 nitrogen and oxygen atoms in total. The number of carbonyl (C=O) groups is 1. The van der Waals surface area contributed by atoms with Crippen molar-refractivity contribution in [1.29, 1.82) is 0 Å². The van der Waals surface area contributed by atoms with Gasteiger partial charge in [-0.2, -0.15) is 0 Å². The standard InChI is InChI=1S/C11H20N2O2/c1-2-15-10(14)13-9-3-4-11(9)5-7-12-8-6-11/h9,12H,2-8H2,1H3,(H,13,14)/t9-/m0/s1. The summed E-state index contributed by atoms with van der Waals surface area (Å²) in [5.41, 5.74) is 0.373. The van der Waals surface area contributed by atoms with Gasteiger partial charge in [0.1, 0.15) is 0 Å². The molecular formula is C11H20N2O2. The molecule has 0 radical (unpaired) electrons. The maximum atomic E-state index is 11.3. The van der Waals surface area contributed by atoms with Gasteiger partial charge in [-0.3, -0.25) is 0 Å². The van der Waals surface area contributed by atoms with Crippen molar-refractivity contribution < 1.29 is 9.53 Å². The van der Waals surface area contributed by atoms with E-state index < -0.39 is 0 Å². The Hall–Kier alpha value is -0.770. The molecule has 1 atom stereocenters. The highest BCUT2D eigenvalue weighted by molar-refractivity contribution is 5.67. The first kappa shape index (κ1) is 10.7. The zero-order valence-corrected chi connectivity index (χ0v) is 9.34. The van der Waals surface area contributed by atoms with Crippen LogP contribution in [0.5, 0.6) is 0 Å². The molecule has 0 aromatic carbocycles. The number of carbonyl (C=O) groups excluding carboxylic acids is 1. The molecule has 1 amide bonds. The molecule has 2 rings (SSSR count). The summed E-state index contributed by atoms with van der Waals surface area (Å²) in [5, 5.41) is 6.35. The molecule has 0 aromatic heterocycles. The molecule has 0 unspecified atom stereocenters. The van der Waals surface area contributed by atoms with Gasteiger partial charge >= 0.3 is 6.09 Å². The van der Waals surface area contributed by atoms with Gasteiger partial charge < -0.3 is 15.4 Å². The van der Waals surface area contributed by atoms with E-state index in [4.69, 9.17) is 4.74 Å². The SMILES string of the molecule is CCOC(=O)N[C@H]1CCC12CCNCC2. The van der Waals surface area contributed by atoms with Crippen LogP contribution >= 0.6 is 0 Å². The molecule has 2 N–H and O–H groups in total. The van der Waals surface area contributed by atoms with Gasteiger partial charge in [-0.1, -0.05) is 0 Å². The van der Waals surface area contributed by atoms with E-state index in [0.29, 0.717) is 18.1 Å². The Kier molecular flexibility index (Phi) is 3.14. The molecule has 1 saturated heterocycles. The molecule has 1 spiro atoms. The molecule has 4 heteroatoms. The molecule has 0 bridgehead atoms. The maximum Gasteiger partial charge on any atom is 0.407 e. The molecule has 15 heavy (non-hydrogen) atoms. The topological polar surface area (TPSA) is 50.4 Å². The van der Waals surface area contributed by atoms with Gasteiger partial charge in [-0.15, -0.1) is 0 Å². The summed E-state index contributed by atoms with van der Waals surface area (Å²) >= 11 is 0. The largest absolute Gasteiger partial charge is 0.450 e. The second-order valence-corrected chi connectivity index (χ2v) is 4.57. The van der Waals surface area contributed by atoms with E-state index in [1.807, 2.05) is 6.92 Å². The van der Waals surface area contributed by atoms with Gasteiger partial charge in [-0.05, 0) is 51.1 Å². The Morgan fingerprint density at radius 3 is 2.73 bits per heavy atom. The van der Waals surface area contributed by atoms with E-state index in [1.165, 1.54) is 19.3 Å². The second kappa shape index (κ2) is 4.39. The third kappa shape index (κ3) is 2.09. The third-order valence-electron chi connectivity index (χ3n) is 3.84. The van der Waals surface area contributed by atoms with Crippen LogP contribution in [0, 0.1) is 5.41 Å². The summed E-state index contributed by atoms with van der Waals surface area (Å²) in [4.78, 5) is 11.3. The van der Waals surface area contributed by atoms with Crippen molar-refractivity contribution in [2.24, 2.45) is 5.41 Å². The lowest BCUT2D eigenvalue weighted by atomic mass is 9.59. The van der Waals surface area contributed by atoms with Crippen molar-refractivity contribution in [2.45, 2.75) is 38.6 Å². The fourth-order valence-corrected chi connectivity index (χ4v) is 2.76. The van der Waals surface area contributed by atoms with Crippen molar-refractivity contribution in [1.82, 2.24) is 10.6 Å². The number of piperidine rings is 1. The molecular weight excluding hydrogens is 192 g/mol. The summed E-state index contributed by atoms with van der Waals surface area (Å²) in [6, 6.07) is 0.346. The zero-order valence-electron chi connectivity index (χ0n) is 9.34. The molecule has 86 valence electrons. The highest BCUT2D eigenvalue weighted by Crippen LogP contribution is 2.47. The molecule has 1 saturated carbocycles. The molecule has 2 aliphatic rings. The van der Waals surface area contributed by atoms with Gasteiger partial charge in [0.15, 0.2) is 0 Å².